The van der Waals surface area contributed by atoms with Crippen molar-refractivity contribution in [3.05, 3.63) is 12.2 Å². The highest BCUT2D eigenvalue weighted by atomic mass is 31.2. The highest BCUT2D eigenvalue weighted by Crippen LogP contribution is 2.35. The van der Waals surface area contributed by atoms with E-state index in [9.17, 15) is 14.5 Å². The van der Waals surface area contributed by atoms with Crippen molar-refractivity contribution in [2.24, 2.45) is 0 Å². The Labute approximate surface area is 176 Å². The molecule has 0 aliphatic heterocycles. The highest BCUT2D eigenvalue weighted by molar-refractivity contribution is 7.46. The summed E-state index contributed by atoms with van der Waals surface area (Å²) in [5, 5.41) is 9.41. The number of esters is 1. The van der Waals surface area contributed by atoms with E-state index in [1.807, 2.05) is 0 Å². The van der Waals surface area contributed by atoms with Gasteiger partial charge in [0, 0.05) is 6.42 Å². The van der Waals surface area contributed by atoms with Gasteiger partial charge in [-0.25, -0.2) is 4.57 Å². The number of phosphoric ester groups is 1. The summed E-state index contributed by atoms with van der Waals surface area (Å²) in [4.78, 5) is 28.6. The summed E-state index contributed by atoms with van der Waals surface area (Å²) >= 11 is 0. The molecule has 0 spiro atoms. The number of carbonyl (C=O) groups excluding carboxylic acids is 1. The SMILES string of the molecule is CCCCCCCC/C=C\CCCCCCCC(=O)OC[C@H](O)COP(=O)(O)O. The second kappa shape index (κ2) is 19.3. The third kappa shape index (κ3) is 23.4. The van der Waals surface area contributed by atoms with Gasteiger partial charge in [0.1, 0.15) is 12.7 Å². The minimum atomic E-state index is -4.62. The van der Waals surface area contributed by atoms with Gasteiger partial charge in [-0.05, 0) is 32.1 Å². The van der Waals surface area contributed by atoms with Crippen molar-refractivity contribution >= 4 is 13.8 Å². The number of unbranched alkanes of at least 4 members (excludes halogenated alkanes) is 11. The van der Waals surface area contributed by atoms with Gasteiger partial charge in [0.05, 0.1) is 6.61 Å². The quantitative estimate of drug-likeness (QED) is 0.106. The van der Waals surface area contributed by atoms with E-state index in [0.29, 0.717) is 0 Å². The number of hydrogen-bond donors (Lipinski definition) is 3. The lowest BCUT2D eigenvalue weighted by Crippen LogP contribution is -2.23. The van der Waals surface area contributed by atoms with Gasteiger partial charge < -0.3 is 19.6 Å². The maximum Gasteiger partial charge on any atom is 0.469 e. The Morgan fingerprint density at radius 2 is 1.38 bits per heavy atom. The third-order valence-electron chi connectivity index (χ3n) is 4.51. The van der Waals surface area contributed by atoms with E-state index in [4.69, 9.17) is 14.5 Å². The van der Waals surface area contributed by atoms with Crippen LogP contribution in [0.4, 0.5) is 0 Å². The van der Waals surface area contributed by atoms with Crippen LogP contribution in [0, 0.1) is 0 Å². The highest BCUT2D eigenvalue weighted by Gasteiger charge is 2.17. The molecule has 29 heavy (non-hydrogen) atoms. The van der Waals surface area contributed by atoms with Crippen LogP contribution >= 0.6 is 7.82 Å². The molecule has 0 aromatic heterocycles. The number of allylic oxidation sites excluding steroid dienone is 2. The second-order valence-electron chi connectivity index (χ2n) is 7.46. The predicted octanol–water partition coefficient (Wildman–Crippen LogP) is 5.04. The van der Waals surface area contributed by atoms with E-state index < -0.39 is 26.5 Å². The molecule has 0 saturated carbocycles. The zero-order valence-electron chi connectivity index (χ0n) is 18.0. The Morgan fingerprint density at radius 3 is 1.93 bits per heavy atom. The van der Waals surface area contributed by atoms with Crippen molar-refractivity contribution < 1.29 is 33.5 Å². The molecule has 0 aromatic carbocycles. The van der Waals surface area contributed by atoms with Crippen molar-refractivity contribution in [1.82, 2.24) is 0 Å². The van der Waals surface area contributed by atoms with Crippen LogP contribution in [0.25, 0.3) is 0 Å². The molecule has 0 bridgehead atoms. The molecule has 8 heteroatoms. The Morgan fingerprint density at radius 1 is 0.862 bits per heavy atom. The molecule has 0 amide bonds. The third-order valence-corrected chi connectivity index (χ3v) is 5.00. The van der Waals surface area contributed by atoms with Crippen LogP contribution in [0.2, 0.25) is 0 Å². The van der Waals surface area contributed by atoms with Gasteiger partial charge >= 0.3 is 13.8 Å². The first-order chi connectivity index (χ1) is 13.8. The monoisotopic (exact) mass is 436 g/mol. The fraction of sp³-hybridized carbons (Fsp3) is 0.857. The van der Waals surface area contributed by atoms with E-state index in [1.54, 1.807) is 0 Å². The predicted molar refractivity (Wildman–Crippen MR) is 114 cm³/mol. The molecule has 0 aliphatic rings. The second-order valence-corrected chi connectivity index (χ2v) is 8.70. The van der Waals surface area contributed by atoms with Crippen molar-refractivity contribution in [2.45, 2.75) is 103 Å². The molecule has 0 aromatic rings. The molecule has 3 N–H and O–H groups in total. The zero-order chi connectivity index (χ0) is 21.8. The van der Waals surface area contributed by atoms with Gasteiger partial charge in [0.15, 0.2) is 0 Å². The molecule has 1 atom stereocenters. The van der Waals surface area contributed by atoms with Gasteiger partial charge in [-0.1, -0.05) is 70.4 Å². The molecule has 0 aliphatic carbocycles. The van der Waals surface area contributed by atoms with E-state index in [1.165, 1.54) is 51.4 Å². The molecule has 0 unspecified atom stereocenters. The maximum atomic E-state index is 11.5. The molecular formula is C21H41O7P. The summed E-state index contributed by atoms with van der Waals surface area (Å²) in [5.74, 6) is -0.419. The van der Waals surface area contributed by atoms with Gasteiger partial charge in [0.2, 0.25) is 0 Å². The maximum absolute atomic E-state index is 11.5. The van der Waals surface area contributed by atoms with Crippen LogP contribution in [-0.4, -0.2) is 40.2 Å². The topological polar surface area (TPSA) is 113 Å². The fourth-order valence-corrected chi connectivity index (χ4v) is 3.20. The molecule has 0 saturated heterocycles. The number of aliphatic hydroxyl groups is 1. The lowest BCUT2D eigenvalue weighted by atomic mass is 10.1. The number of phosphoric acid groups is 1. The van der Waals surface area contributed by atoms with Gasteiger partial charge in [-0.2, -0.15) is 0 Å². The fourth-order valence-electron chi connectivity index (χ4n) is 2.83. The van der Waals surface area contributed by atoms with E-state index >= 15 is 0 Å². The Hall–Kier alpha value is -0.720. The average molecular weight is 437 g/mol. The molecule has 0 fully saturated rings. The van der Waals surface area contributed by atoms with Crippen LogP contribution in [-0.2, 0) is 18.6 Å². The zero-order valence-corrected chi connectivity index (χ0v) is 18.9. The Bertz CT molecular complexity index is 462. The minimum absolute atomic E-state index is 0.282. The van der Waals surface area contributed by atoms with Crippen LogP contribution in [0.3, 0.4) is 0 Å². The van der Waals surface area contributed by atoms with Gasteiger partial charge in [-0.3, -0.25) is 9.32 Å². The summed E-state index contributed by atoms with van der Waals surface area (Å²) in [6.45, 7) is 1.33. The number of ether oxygens (including phenoxy) is 1. The lowest BCUT2D eigenvalue weighted by Gasteiger charge is -2.12. The first kappa shape index (κ1) is 28.3. The first-order valence-electron chi connectivity index (χ1n) is 11.0. The summed E-state index contributed by atoms with van der Waals surface area (Å²) in [5.41, 5.74) is 0. The normalized spacial score (nSPS) is 13.1. The van der Waals surface area contributed by atoms with Crippen molar-refractivity contribution in [3.63, 3.8) is 0 Å². The minimum Gasteiger partial charge on any atom is -0.463 e. The van der Waals surface area contributed by atoms with E-state index in [2.05, 4.69) is 23.6 Å². The Kier molecular flexibility index (Phi) is 18.8. The molecule has 172 valence electrons. The molecular weight excluding hydrogens is 395 g/mol. The van der Waals surface area contributed by atoms with Gasteiger partial charge in [0.25, 0.3) is 0 Å². The summed E-state index contributed by atoms with van der Waals surface area (Å²) < 4.78 is 19.5. The van der Waals surface area contributed by atoms with Crippen LogP contribution < -0.4 is 0 Å². The van der Waals surface area contributed by atoms with Crippen molar-refractivity contribution in [3.8, 4) is 0 Å². The molecule has 0 radical (unpaired) electrons. The largest absolute Gasteiger partial charge is 0.469 e. The summed E-state index contributed by atoms with van der Waals surface area (Å²) in [6.07, 6.45) is 19.0. The number of aliphatic hydroxyl groups excluding tert-OH is 1. The summed E-state index contributed by atoms with van der Waals surface area (Å²) in [6, 6.07) is 0. The van der Waals surface area contributed by atoms with Crippen LogP contribution in [0.5, 0.6) is 0 Å². The van der Waals surface area contributed by atoms with Crippen LogP contribution in [0.1, 0.15) is 96.8 Å². The van der Waals surface area contributed by atoms with E-state index in [0.717, 1.165) is 32.1 Å². The lowest BCUT2D eigenvalue weighted by molar-refractivity contribution is -0.147. The average Bonchev–Trinajstić information content (AvgIpc) is 2.67. The molecule has 0 rings (SSSR count). The number of rotatable bonds is 20. The standard InChI is InChI=1S/C21H41O7P/c1-2-3-4-5-6-7-8-9-10-11-12-13-14-15-16-17-21(23)27-18-20(22)19-28-29(24,25)26/h9-10,20,22H,2-8,11-19H2,1H3,(H2,24,25,26)/b10-9-/t20-/m0/s1. The number of hydrogen-bond acceptors (Lipinski definition) is 5. The van der Waals surface area contributed by atoms with Crippen molar-refractivity contribution in [1.29, 1.82) is 0 Å². The van der Waals surface area contributed by atoms with E-state index in [-0.39, 0.29) is 13.0 Å². The van der Waals surface area contributed by atoms with Gasteiger partial charge in [-0.15, -0.1) is 0 Å². The first-order valence-corrected chi connectivity index (χ1v) is 12.6. The molecule has 7 nitrogen and oxygen atoms in total. The Balaban J connectivity index is 3.38. The van der Waals surface area contributed by atoms with Crippen molar-refractivity contribution in [2.75, 3.05) is 13.2 Å². The number of carbonyl (C=O) groups is 1. The smallest absolute Gasteiger partial charge is 0.463 e. The molecule has 0 heterocycles. The summed E-state index contributed by atoms with van der Waals surface area (Å²) in [7, 11) is -4.62. The van der Waals surface area contributed by atoms with Crippen LogP contribution in [0.15, 0.2) is 12.2 Å².